The van der Waals surface area contributed by atoms with Gasteiger partial charge in [-0.3, -0.25) is 0 Å². The molecule has 0 heterocycles. The molecule has 4 heteroatoms. The fraction of sp³-hybridized carbons (Fsp3) is 0.294. The lowest BCUT2D eigenvalue weighted by Crippen LogP contribution is -2.13. The Balaban J connectivity index is 1.82. The molecule has 0 aliphatic heterocycles. The van der Waals surface area contributed by atoms with E-state index in [1.54, 1.807) is 0 Å². The van der Waals surface area contributed by atoms with Gasteiger partial charge in [-0.2, -0.15) is 0 Å². The summed E-state index contributed by atoms with van der Waals surface area (Å²) in [6, 6.07) is 15.7. The summed E-state index contributed by atoms with van der Waals surface area (Å²) in [5.41, 5.74) is 1.06. The highest BCUT2D eigenvalue weighted by Crippen LogP contribution is 2.27. The fourth-order valence-corrected chi connectivity index (χ4v) is 2.27. The van der Waals surface area contributed by atoms with E-state index in [1.807, 2.05) is 55.6 Å². The number of para-hydroxylation sites is 1. The van der Waals surface area contributed by atoms with Crippen molar-refractivity contribution in [3.63, 3.8) is 0 Å². The summed E-state index contributed by atoms with van der Waals surface area (Å²) < 4.78 is 11.2. The van der Waals surface area contributed by atoms with E-state index in [0.717, 1.165) is 17.1 Å². The maximum atomic E-state index is 6.26. The minimum absolute atomic E-state index is 0.216. The van der Waals surface area contributed by atoms with Crippen LogP contribution in [0.15, 0.2) is 48.5 Å². The zero-order chi connectivity index (χ0) is 15.1. The molecule has 0 aliphatic carbocycles. The molecule has 0 radical (unpaired) electrons. The van der Waals surface area contributed by atoms with Crippen LogP contribution in [0.3, 0.4) is 0 Å². The highest BCUT2D eigenvalue weighted by Gasteiger charge is 2.08. The van der Waals surface area contributed by atoms with E-state index in [-0.39, 0.29) is 6.04 Å². The summed E-state index contributed by atoms with van der Waals surface area (Å²) in [7, 11) is 1.91. The van der Waals surface area contributed by atoms with Crippen molar-refractivity contribution in [1.82, 2.24) is 5.32 Å². The normalized spacial score (nSPS) is 12.0. The predicted molar refractivity (Wildman–Crippen MR) is 86.4 cm³/mol. The number of hydrogen-bond acceptors (Lipinski definition) is 3. The Hall–Kier alpha value is -1.71. The van der Waals surface area contributed by atoms with Crippen LogP contribution in [0.1, 0.15) is 18.5 Å². The van der Waals surface area contributed by atoms with Crippen LogP contribution in [0.2, 0.25) is 5.02 Å². The zero-order valence-electron chi connectivity index (χ0n) is 12.3. The van der Waals surface area contributed by atoms with Crippen molar-refractivity contribution in [2.75, 3.05) is 20.3 Å². The summed E-state index contributed by atoms with van der Waals surface area (Å²) >= 11 is 6.26. The number of halogens is 1. The van der Waals surface area contributed by atoms with Crippen LogP contribution in [0.4, 0.5) is 0 Å². The topological polar surface area (TPSA) is 30.5 Å². The first-order valence-corrected chi connectivity index (χ1v) is 7.36. The molecule has 1 N–H and O–H groups in total. The maximum absolute atomic E-state index is 6.26. The van der Waals surface area contributed by atoms with Gasteiger partial charge in [0, 0.05) is 11.1 Å². The molecule has 0 amide bonds. The molecule has 1 unspecified atom stereocenters. The van der Waals surface area contributed by atoms with E-state index in [2.05, 4.69) is 12.2 Å². The number of nitrogens with one attached hydrogen (secondary N) is 1. The highest BCUT2D eigenvalue weighted by molar-refractivity contribution is 6.31. The van der Waals surface area contributed by atoms with E-state index in [1.165, 1.54) is 0 Å². The Morgan fingerprint density at radius 1 is 1.00 bits per heavy atom. The summed E-state index contributed by atoms with van der Waals surface area (Å²) in [5.74, 6) is 1.60. The Kier molecular flexibility index (Phi) is 5.90. The number of ether oxygens (including phenoxy) is 2. The molecule has 0 bridgehead atoms. The van der Waals surface area contributed by atoms with Gasteiger partial charge < -0.3 is 14.8 Å². The van der Waals surface area contributed by atoms with Gasteiger partial charge in [0.25, 0.3) is 0 Å². The number of benzene rings is 2. The van der Waals surface area contributed by atoms with Crippen LogP contribution in [-0.2, 0) is 0 Å². The molecule has 0 saturated carbocycles. The molecular formula is C17H20ClNO2. The van der Waals surface area contributed by atoms with Gasteiger partial charge in [0.1, 0.15) is 24.7 Å². The van der Waals surface area contributed by atoms with Crippen molar-refractivity contribution in [3.8, 4) is 11.5 Å². The molecule has 2 rings (SSSR count). The maximum Gasteiger partial charge on any atom is 0.122 e. The molecule has 0 spiro atoms. The second-order valence-corrected chi connectivity index (χ2v) is 5.11. The highest BCUT2D eigenvalue weighted by atomic mass is 35.5. The molecule has 2 aromatic carbocycles. The van der Waals surface area contributed by atoms with E-state index in [4.69, 9.17) is 21.1 Å². The Labute approximate surface area is 130 Å². The van der Waals surface area contributed by atoms with Gasteiger partial charge in [-0.25, -0.2) is 0 Å². The third-order valence-corrected chi connectivity index (χ3v) is 3.56. The minimum Gasteiger partial charge on any atom is -0.490 e. The van der Waals surface area contributed by atoms with Crippen molar-refractivity contribution in [1.29, 1.82) is 0 Å². The van der Waals surface area contributed by atoms with Crippen LogP contribution >= 0.6 is 11.6 Å². The van der Waals surface area contributed by atoms with Crippen LogP contribution in [-0.4, -0.2) is 20.3 Å². The van der Waals surface area contributed by atoms with Crippen molar-refractivity contribution < 1.29 is 9.47 Å². The first kappa shape index (κ1) is 15.7. The average Bonchev–Trinajstić information content (AvgIpc) is 2.52. The van der Waals surface area contributed by atoms with Gasteiger partial charge in [0.15, 0.2) is 0 Å². The monoisotopic (exact) mass is 305 g/mol. The molecule has 2 aromatic rings. The zero-order valence-corrected chi connectivity index (χ0v) is 13.1. The summed E-state index contributed by atoms with van der Waals surface area (Å²) in [6.45, 7) is 3.04. The Morgan fingerprint density at radius 3 is 2.29 bits per heavy atom. The molecule has 3 nitrogen and oxygen atoms in total. The van der Waals surface area contributed by atoms with E-state index in [9.17, 15) is 0 Å². The van der Waals surface area contributed by atoms with Gasteiger partial charge in [-0.15, -0.1) is 0 Å². The SMILES string of the molecule is CNC(C)c1ccc(OCCOc2ccccc2)cc1Cl. The summed E-state index contributed by atoms with van der Waals surface area (Å²) in [4.78, 5) is 0. The fourth-order valence-electron chi connectivity index (χ4n) is 1.94. The van der Waals surface area contributed by atoms with Gasteiger partial charge in [0.2, 0.25) is 0 Å². The lowest BCUT2D eigenvalue weighted by atomic mass is 10.1. The molecule has 0 saturated heterocycles. The van der Waals surface area contributed by atoms with Crippen LogP contribution < -0.4 is 14.8 Å². The van der Waals surface area contributed by atoms with Gasteiger partial charge in [-0.1, -0.05) is 35.9 Å². The lowest BCUT2D eigenvalue weighted by Gasteiger charge is -2.14. The molecule has 21 heavy (non-hydrogen) atoms. The second kappa shape index (κ2) is 7.91. The van der Waals surface area contributed by atoms with Gasteiger partial charge in [0.05, 0.1) is 0 Å². The van der Waals surface area contributed by atoms with Crippen LogP contribution in [0, 0.1) is 0 Å². The lowest BCUT2D eigenvalue weighted by molar-refractivity contribution is 0.217. The molecule has 0 aromatic heterocycles. The number of rotatable bonds is 7. The van der Waals surface area contributed by atoms with Gasteiger partial charge >= 0.3 is 0 Å². The summed E-state index contributed by atoms with van der Waals surface area (Å²) in [6.07, 6.45) is 0. The van der Waals surface area contributed by atoms with E-state index < -0.39 is 0 Å². The molecule has 0 fully saturated rings. The first-order chi connectivity index (χ1) is 10.2. The number of hydrogen-bond donors (Lipinski definition) is 1. The minimum atomic E-state index is 0.216. The largest absolute Gasteiger partial charge is 0.490 e. The first-order valence-electron chi connectivity index (χ1n) is 6.98. The van der Waals surface area contributed by atoms with E-state index >= 15 is 0 Å². The molecule has 112 valence electrons. The van der Waals surface area contributed by atoms with E-state index in [0.29, 0.717) is 18.2 Å². The smallest absolute Gasteiger partial charge is 0.122 e. The van der Waals surface area contributed by atoms with Crippen molar-refractivity contribution in [2.24, 2.45) is 0 Å². The summed E-state index contributed by atoms with van der Waals surface area (Å²) in [5, 5.41) is 3.87. The van der Waals surface area contributed by atoms with Crippen molar-refractivity contribution in [2.45, 2.75) is 13.0 Å². The standard InChI is InChI=1S/C17H20ClNO2/c1-13(19-2)16-9-8-15(12-17(16)18)21-11-10-20-14-6-4-3-5-7-14/h3-9,12-13,19H,10-11H2,1-2H3. The van der Waals surface area contributed by atoms with Gasteiger partial charge in [-0.05, 0) is 43.8 Å². The predicted octanol–water partition coefficient (Wildman–Crippen LogP) is 4.08. The van der Waals surface area contributed by atoms with Crippen molar-refractivity contribution >= 4 is 11.6 Å². The third-order valence-electron chi connectivity index (χ3n) is 3.24. The van der Waals surface area contributed by atoms with Crippen LogP contribution in [0.5, 0.6) is 11.5 Å². The molecular weight excluding hydrogens is 286 g/mol. The van der Waals surface area contributed by atoms with Crippen molar-refractivity contribution in [3.05, 3.63) is 59.1 Å². The Bertz CT molecular complexity index is 560. The quantitative estimate of drug-likeness (QED) is 0.782. The second-order valence-electron chi connectivity index (χ2n) is 4.70. The Morgan fingerprint density at radius 2 is 1.67 bits per heavy atom. The average molecular weight is 306 g/mol. The molecule has 0 aliphatic rings. The van der Waals surface area contributed by atoms with Crippen LogP contribution in [0.25, 0.3) is 0 Å². The third kappa shape index (κ3) is 4.66. The molecule has 1 atom stereocenters.